The van der Waals surface area contributed by atoms with Gasteiger partial charge in [0, 0.05) is 36.2 Å². The largest absolute Gasteiger partial charge is 0.497 e. The summed E-state index contributed by atoms with van der Waals surface area (Å²) in [5, 5.41) is 10.5. The third-order valence-electron chi connectivity index (χ3n) is 5.83. The second-order valence-corrected chi connectivity index (χ2v) is 8.19. The topological polar surface area (TPSA) is 88.5 Å². The number of hydrogen-bond donors (Lipinski definition) is 2. The summed E-state index contributed by atoms with van der Waals surface area (Å²) in [5.74, 6) is 0.418. The van der Waals surface area contributed by atoms with Gasteiger partial charge >= 0.3 is 6.03 Å². The van der Waals surface area contributed by atoms with E-state index in [2.05, 4.69) is 10.6 Å². The van der Waals surface area contributed by atoms with Crippen LogP contribution in [-0.4, -0.2) is 41.9 Å². The standard InChI is InChI=1S/C27H25N5O3/c1-35-23-9-5-8-20(16-23)25-24(18-31(30-25)17-19-6-3-2-4-7-19)26(33)29-21-10-12-22(13-11-21)32-15-14-28-27(32)34/h2-13,16,18H,14-15,17H2,1H3,(H,28,34)(H,29,33). The Balaban J connectivity index is 1.42. The summed E-state index contributed by atoms with van der Waals surface area (Å²) in [6, 6.07) is 24.6. The summed E-state index contributed by atoms with van der Waals surface area (Å²) in [7, 11) is 1.61. The predicted molar refractivity (Wildman–Crippen MR) is 135 cm³/mol. The highest BCUT2D eigenvalue weighted by Crippen LogP contribution is 2.27. The van der Waals surface area contributed by atoms with Crippen LogP contribution in [0.3, 0.4) is 0 Å². The van der Waals surface area contributed by atoms with Crippen molar-refractivity contribution in [2.24, 2.45) is 0 Å². The summed E-state index contributed by atoms with van der Waals surface area (Å²) < 4.78 is 7.14. The molecule has 1 aliphatic heterocycles. The van der Waals surface area contributed by atoms with Crippen molar-refractivity contribution < 1.29 is 14.3 Å². The summed E-state index contributed by atoms with van der Waals surface area (Å²) >= 11 is 0. The maximum atomic E-state index is 13.4. The Morgan fingerprint density at radius 3 is 2.57 bits per heavy atom. The number of benzene rings is 3. The van der Waals surface area contributed by atoms with Crippen LogP contribution in [0.2, 0.25) is 0 Å². The molecule has 2 heterocycles. The van der Waals surface area contributed by atoms with Crippen LogP contribution in [0.4, 0.5) is 16.2 Å². The van der Waals surface area contributed by atoms with Crippen LogP contribution in [-0.2, 0) is 6.54 Å². The first-order chi connectivity index (χ1) is 17.1. The Morgan fingerprint density at radius 2 is 1.86 bits per heavy atom. The van der Waals surface area contributed by atoms with Crippen molar-refractivity contribution in [1.29, 1.82) is 0 Å². The van der Waals surface area contributed by atoms with Gasteiger partial charge in [0.05, 0.1) is 19.2 Å². The number of aromatic nitrogens is 2. The van der Waals surface area contributed by atoms with Crippen LogP contribution in [0, 0.1) is 0 Å². The van der Waals surface area contributed by atoms with Gasteiger partial charge in [0.1, 0.15) is 11.4 Å². The van der Waals surface area contributed by atoms with Gasteiger partial charge in [-0.2, -0.15) is 5.10 Å². The molecule has 1 aliphatic rings. The maximum absolute atomic E-state index is 13.4. The smallest absolute Gasteiger partial charge is 0.321 e. The first kappa shape index (κ1) is 22.2. The van der Waals surface area contributed by atoms with E-state index in [1.165, 1.54) is 0 Å². The fraction of sp³-hybridized carbons (Fsp3) is 0.148. The molecule has 8 heteroatoms. The molecule has 0 radical (unpaired) electrons. The second-order valence-electron chi connectivity index (χ2n) is 8.19. The van der Waals surface area contributed by atoms with Crippen LogP contribution in [0.5, 0.6) is 5.75 Å². The molecule has 0 bridgehead atoms. The fourth-order valence-electron chi connectivity index (χ4n) is 4.06. The van der Waals surface area contributed by atoms with Crippen LogP contribution in [0.15, 0.2) is 85.1 Å². The van der Waals surface area contributed by atoms with Gasteiger partial charge in [-0.25, -0.2) is 4.79 Å². The Labute approximate surface area is 203 Å². The molecule has 2 N–H and O–H groups in total. The quantitative estimate of drug-likeness (QED) is 0.422. The minimum atomic E-state index is -0.270. The monoisotopic (exact) mass is 467 g/mol. The van der Waals surface area contributed by atoms with Crippen molar-refractivity contribution in [3.05, 3.63) is 96.2 Å². The number of urea groups is 1. The Hall–Kier alpha value is -4.59. The molecule has 0 aliphatic carbocycles. The number of nitrogens with zero attached hydrogens (tertiary/aromatic N) is 3. The molecule has 3 amide bonds. The summed E-state index contributed by atoms with van der Waals surface area (Å²) in [6.07, 6.45) is 1.76. The number of ether oxygens (including phenoxy) is 1. The molecule has 1 saturated heterocycles. The zero-order valence-corrected chi connectivity index (χ0v) is 19.3. The van der Waals surface area contributed by atoms with Crippen molar-refractivity contribution >= 4 is 23.3 Å². The summed E-state index contributed by atoms with van der Waals surface area (Å²) in [4.78, 5) is 26.9. The van der Waals surface area contributed by atoms with Crippen LogP contribution < -0.4 is 20.3 Å². The van der Waals surface area contributed by atoms with Crippen molar-refractivity contribution in [1.82, 2.24) is 15.1 Å². The van der Waals surface area contributed by atoms with Gasteiger partial charge in [0.15, 0.2) is 0 Å². The van der Waals surface area contributed by atoms with Gasteiger partial charge in [-0.05, 0) is 42.0 Å². The van der Waals surface area contributed by atoms with Gasteiger partial charge in [-0.3, -0.25) is 14.4 Å². The van der Waals surface area contributed by atoms with Crippen molar-refractivity contribution in [3.8, 4) is 17.0 Å². The highest BCUT2D eigenvalue weighted by Gasteiger charge is 2.22. The number of amides is 3. The number of anilines is 2. The van der Waals surface area contributed by atoms with Crippen molar-refractivity contribution in [3.63, 3.8) is 0 Å². The molecule has 0 saturated carbocycles. The summed E-state index contributed by atoms with van der Waals surface area (Å²) in [6.45, 7) is 1.78. The second kappa shape index (κ2) is 9.72. The molecule has 176 valence electrons. The lowest BCUT2D eigenvalue weighted by Crippen LogP contribution is -2.27. The number of nitrogens with one attached hydrogen (secondary N) is 2. The highest BCUT2D eigenvalue weighted by atomic mass is 16.5. The number of hydrogen-bond acceptors (Lipinski definition) is 4. The lowest BCUT2D eigenvalue weighted by Gasteiger charge is -2.14. The Morgan fingerprint density at radius 1 is 1.06 bits per heavy atom. The number of methoxy groups -OCH3 is 1. The third kappa shape index (κ3) is 4.86. The fourth-order valence-corrected chi connectivity index (χ4v) is 4.06. The first-order valence-corrected chi connectivity index (χ1v) is 11.3. The molecule has 0 spiro atoms. The third-order valence-corrected chi connectivity index (χ3v) is 5.83. The zero-order valence-electron chi connectivity index (χ0n) is 19.3. The average Bonchev–Trinajstić information content (AvgIpc) is 3.51. The lowest BCUT2D eigenvalue weighted by molar-refractivity contribution is 0.102. The molecule has 3 aromatic carbocycles. The van der Waals surface area contributed by atoms with Crippen LogP contribution >= 0.6 is 0 Å². The van der Waals surface area contributed by atoms with Gasteiger partial charge in [0.25, 0.3) is 5.91 Å². The number of carbonyl (C=O) groups excluding carboxylic acids is 2. The molecule has 0 unspecified atom stereocenters. The van der Waals surface area contributed by atoms with Crippen LogP contribution in [0.25, 0.3) is 11.3 Å². The number of rotatable bonds is 7. The zero-order chi connectivity index (χ0) is 24.2. The first-order valence-electron chi connectivity index (χ1n) is 11.3. The molecule has 5 rings (SSSR count). The van der Waals surface area contributed by atoms with E-state index in [1.54, 1.807) is 35.0 Å². The number of carbonyl (C=O) groups is 2. The van der Waals surface area contributed by atoms with E-state index < -0.39 is 0 Å². The molecule has 35 heavy (non-hydrogen) atoms. The molecular formula is C27H25N5O3. The van der Waals surface area contributed by atoms with E-state index in [1.807, 2.05) is 66.7 Å². The molecule has 1 aromatic heterocycles. The molecule has 1 fully saturated rings. The van der Waals surface area contributed by atoms with Crippen molar-refractivity contribution in [2.75, 3.05) is 30.4 Å². The average molecular weight is 468 g/mol. The minimum Gasteiger partial charge on any atom is -0.497 e. The Kier molecular flexibility index (Phi) is 6.17. The van der Waals surface area contributed by atoms with E-state index in [-0.39, 0.29) is 11.9 Å². The normalized spacial score (nSPS) is 12.9. The minimum absolute atomic E-state index is 0.115. The van der Waals surface area contributed by atoms with Gasteiger partial charge in [-0.1, -0.05) is 42.5 Å². The molecule has 0 atom stereocenters. The molecule has 8 nitrogen and oxygen atoms in total. The van der Waals surface area contributed by atoms with Crippen molar-refractivity contribution in [2.45, 2.75) is 6.54 Å². The highest BCUT2D eigenvalue weighted by molar-refractivity contribution is 6.08. The van der Waals surface area contributed by atoms with Gasteiger partial charge in [0.2, 0.25) is 0 Å². The Bertz CT molecular complexity index is 1350. The van der Waals surface area contributed by atoms with E-state index in [9.17, 15) is 9.59 Å². The van der Waals surface area contributed by atoms with E-state index in [4.69, 9.17) is 9.84 Å². The lowest BCUT2D eigenvalue weighted by atomic mass is 10.1. The molecule has 4 aromatic rings. The maximum Gasteiger partial charge on any atom is 0.321 e. The van der Waals surface area contributed by atoms with Crippen LogP contribution in [0.1, 0.15) is 15.9 Å². The molecular weight excluding hydrogens is 442 g/mol. The summed E-state index contributed by atoms with van der Waals surface area (Å²) in [5.41, 5.74) is 4.31. The van der Waals surface area contributed by atoms with Gasteiger partial charge < -0.3 is 15.4 Å². The SMILES string of the molecule is COc1cccc(-c2nn(Cc3ccccc3)cc2C(=O)Nc2ccc(N3CCNC3=O)cc2)c1. The van der Waals surface area contributed by atoms with E-state index in [0.717, 1.165) is 16.8 Å². The van der Waals surface area contributed by atoms with Gasteiger partial charge in [-0.15, -0.1) is 0 Å². The van der Waals surface area contributed by atoms with E-state index in [0.29, 0.717) is 42.3 Å². The predicted octanol–water partition coefficient (Wildman–Crippen LogP) is 4.39. The van der Waals surface area contributed by atoms with E-state index >= 15 is 0 Å².